The maximum atomic E-state index is 12.4. The number of phenols is 1. The Hall–Kier alpha value is -1.56. The van der Waals surface area contributed by atoms with Crippen LogP contribution in [0.4, 0.5) is 0 Å². The van der Waals surface area contributed by atoms with Gasteiger partial charge in [-0.15, -0.1) is 0 Å². The van der Waals surface area contributed by atoms with Crippen LogP contribution in [0.15, 0.2) is 18.2 Å². The molecule has 1 saturated heterocycles. The molecular formula is C14H17NO4S. The summed E-state index contributed by atoms with van der Waals surface area (Å²) in [6, 6.07) is 5.21. The van der Waals surface area contributed by atoms with Gasteiger partial charge in [-0.1, -0.05) is 6.07 Å². The van der Waals surface area contributed by atoms with E-state index in [9.17, 15) is 18.3 Å². The van der Waals surface area contributed by atoms with E-state index in [-0.39, 0.29) is 29.1 Å². The van der Waals surface area contributed by atoms with Gasteiger partial charge < -0.3 is 10.0 Å². The Morgan fingerprint density at radius 3 is 2.80 bits per heavy atom. The number of nitrogens with zero attached hydrogens (tertiary/aromatic N) is 1. The van der Waals surface area contributed by atoms with Gasteiger partial charge in [0.1, 0.15) is 5.75 Å². The van der Waals surface area contributed by atoms with Gasteiger partial charge in [0.15, 0.2) is 9.84 Å². The smallest absolute Gasteiger partial charge is 0.227 e. The molecule has 20 heavy (non-hydrogen) atoms. The molecule has 5 nitrogen and oxygen atoms in total. The molecule has 1 atom stereocenters. The Balaban J connectivity index is 1.75. The van der Waals surface area contributed by atoms with Crippen LogP contribution in [0.5, 0.6) is 5.75 Å². The molecule has 1 aromatic rings. The van der Waals surface area contributed by atoms with E-state index in [0.29, 0.717) is 19.5 Å². The van der Waals surface area contributed by atoms with Crippen molar-refractivity contribution in [1.82, 2.24) is 4.90 Å². The monoisotopic (exact) mass is 295 g/mol. The van der Waals surface area contributed by atoms with E-state index in [4.69, 9.17) is 0 Å². The summed E-state index contributed by atoms with van der Waals surface area (Å²) in [6.45, 7) is 1.08. The molecule has 6 heteroatoms. The highest BCUT2D eigenvalue weighted by Crippen LogP contribution is 2.26. The first-order chi connectivity index (χ1) is 9.44. The summed E-state index contributed by atoms with van der Waals surface area (Å²) >= 11 is 0. The number of carbonyl (C=O) groups is 1. The van der Waals surface area contributed by atoms with E-state index >= 15 is 0 Å². The summed E-state index contributed by atoms with van der Waals surface area (Å²) in [6.07, 6.45) is 1.19. The van der Waals surface area contributed by atoms with Crippen molar-refractivity contribution in [3.63, 3.8) is 0 Å². The van der Waals surface area contributed by atoms with Gasteiger partial charge >= 0.3 is 0 Å². The number of aromatic hydroxyl groups is 1. The zero-order chi connectivity index (χ0) is 14.3. The summed E-state index contributed by atoms with van der Waals surface area (Å²) in [5, 5.41) is 9.51. The topological polar surface area (TPSA) is 74.7 Å². The minimum atomic E-state index is -3.03. The van der Waals surface area contributed by atoms with Gasteiger partial charge in [-0.25, -0.2) is 8.42 Å². The standard InChI is InChI=1S/C14H17NO4S/c16-13-2-1-10-3-5-15(8-12(10)7-13)14(17)11-4-6-20(18,19)9-11/h1-2,7,11,16H,3-6,8-9H2. The molecular weight excluding hydrogens is 278 g/mol. The van der Waals surface area contributed by atoms with Crippen LogP contribution in [0.1, 0.15) is 17.5 Å². The fourth-order valence-electron chi connectivity index (χ4n) is 2.98. The molecule has 0 radical (unpaired) electrons. The van der Waals surface area contributed by atoms with Crippen molar-refractivity contribution in [2.45, 2.75) is 19.4 Å². The molecule has 3 rings (SSSR count). The first-order valence-corrected chi connectivity index (χ1v) is 8.57. The van der Waals surface area contributed by atoms with Crippen molar-refractivity contribution < 1.29 is 18.3 Å². The molecule has 0 aliphatic carbocycles. The number of carbonyl (C=O) groups excluding carboxylic acids is 1. The predicted octanol–water partition coefficient (Wildman–Crippen LogP) is 0.712. The Labute approximate surface area is 118 Å². The van der Waals surface area contributed by atoms with E-state index in [0.717, 1.165) is 17.5 Å². The van der Waals surface area contributed by atoms with Gasteiger partial charge in [0.25, 0.3) is 0 Å². The van der Waals surface area contributed by atoms with Crippen molar-refractivity contribution in [2.24, 2.45) is 5.92 Å². The third-order valence-corrected chi connectivity index (χ3v) is 5.86. The first-order valence-electron chi connectivity index (χ1n) is 6.74. The third-order valence-electron chi connectivity index (χ3n) is 4.10. The maximum absolute atomic E-state index is 12.4. The number of fused-ring (bicyclic) bond motifs is 1. The SMILES string of the molecule is O=C(C1CCS(=O)(=O)C1)N1CCc2ccc(O)cc2C1. The highest BCUT2D eigenvalue weighted by Gasteiger charge is 2.36. The van der Waals surface area contributed by atoms with Crippen molar-refractivity contribution in [3.8, 4) is 5.75 Å². The Bertz CT molecular complexity index is 653. The molecule has 1 unspecified atom stereocenters. The van der Waals surface area contributed by atoms with Gasteiger partial charge in [-0.2, -0.15) is 0 Å². The molecule has 1 N–H and O–H groups in total. The van der Waals surface area contributed by atoms with Crippen molar-refractivity contribution in [3.05, 3.63) is 29.3 Å². The largest absolute Gasteiger partial charge is 0.508 e. The van der Waals surface area contributed by atoms with E-state index < -0.39 is 9.84 Å². The summed E-state index contributed by atoms with van der Waals surface area (Å²) in [5.41, 5.74) is 2.09. The summed E-state index contributed by atoms with van der Waals surface area (Å²) < 4.78 is 22.9. The van der Waals surface area contributed by atoms with Crippen molar-refractivity contribution in [2.75, 3.05) is 18.1 Å². The lowest BCUT2D eigenvalue weighted by Gasteiger charge is -2.30. The van der Waals surface area contributed by atoms with Crippen LogP contribution in [0.2, 0.25) is 0 Å². The second-order valence-corrected chi connectivity index (χ2v) is 7.79. The first kappa shape index (κ1) is 13.4. The van der Waals surface area contributed by atoms with Gasteiger partial charge in [-0.05, 0) is 36.1 Å². The molecule has 2 heterocycles. The number of phenolic OH excluding ortho intramolecular Hbond substituents is 1. The third kappa shape index (κ3) is 2.52. The van der Waals surface area contributed by atoms with Crippen LogP contribution >= 0.6 is 0 Å². The van der Waals surface area contributed by atoms with Crippen LogP contribution in [-0.4, -0.2) is 42.4 Å². The van der Waals surface area contributed by atoms with Gasteiger partial charge in [0, 0.05) is 13.1 Å². The van der Waals surface area contributed by atoms with Crippen LogP contribution < -0.4 is 0 Å². The Morgan fingerprint density at radius 1 is 1.30 bits per heavy atom. The second kappa shape index (κ2) is 4.77. The Kier molecular flexibility index (Phi) is 3.20. The Morgan fingerprint density at radius 2 is 2.10 bits per heavy atom. The molecule has 0 saturated carbocycles. The van der Waals surface area contributed by atoms with Crippen molar-refractivity contribution in [1.29, 1.82) is 0 Å². The zero-order valence-corrected chi connectivity index (χ0v) is 11.9. The molecule has 2 aliphatic rings. The fourth-order valence-corrected chi connectivity index (χ4v) is 4.71. The number of rotatable bonds is 1. The average molecular weight is 295 g/mol. The normalized spacial score (nSPS) is 24.4. The second-order valence-electron chi connectivity index (χ2n) is 5.56. The number of sulfone groups is 1. The number of hydrogen-bond donors (Lipinski definition) is 1. The van der Waals surface area contributed by atoms with E-state index in [1.807, 2.05) is 6.07 Å². The van der Waals surface area contributed by atoms with E-state index in [1.54, 1.807) is 17.0 Å². The number of amides is 1. The summed E-state index contributed by atoms with van der Waals surface area (Å²) in [4.78, 5) is 14.1. The lowest BCUT2D eigenvalue weighted by atomic mass is 9.98. The number of benzene rings is 1. The lowest BCUT2D eigenvalue weighted by Crippen LogP contribution is -2.40. The molecule has 0 spiro atoms. The highest BCUT2D eigenvalue weighted by molar-refractivity contribution is 7.91. The fraction of sp³-hybridized carbons (Fsp3) is 0.500. The van der Waals surface area contributed by atoms with Crippen LogP contribution in [0.3, 0.4) is 0 Å². The van der Waals surface area contributed by atoms with Crippen LogP contribution in [0, 0.1) is 5.92 Å². The summed E-state index contributed by atoms with van der Waals surface area (Å²) in [7, 11) is -3.03. The zero-order valence-electron chi connectivity index (χ0n) is 11.1. The van der Waals surface area contributed by atoms with Gasteiger partial charge in [0.2, 0.25) is 5.91 Å². The predicted molar refractivity (Wildman–Crippen MR) is 74.0 cm³/mol. The molecule has 2 aliphatic heterocycles. The van der Waals surface area contributed by atoms with Crippen LogP contribution in [-0.2, 0) is 27.6 Å². The molecule has 108 valence electrons. The van der Waals surface area contributed by atoms with E-state index in [1.165, 1.54) is 0 Å². The molecule has 1 amide bonds. The van der Waals surface area contributed by atoms with Crippen LogP contribution in [0.25, 0.3) is 0 Å². The van der Waals surface area contributed by atoms with E-state index in [2.05, 4.69) is 0 Å². The minimum absolute atomic E-state index is 0.0186. The molecule has 0 bridgehead atoms. The van der Waals surface area contributed by atoms with Gasteiger partial charge in [-0.3, -0.25) is 4.79 Å². The van der Waals surface area contributed by atoms with Gasteiger partial charge in [0.05, 0.1) is 17.4 Å². The molecule has 0 aromatic heterocycles. The maximum Gasteiger partial charge on any atom is 0.227 e. The number of hydrogen-bond acceptors (Lipinski definition) is 4. The van der Waals surface area contributed by atoms with Crippen molar-refractivity contribution >= 4 is 15.7 Å². The average Bonchev–Trinajstić information content (AvgIpc) is 2.77. The lowest BCUT2D eigenvalue weighted by molar-refractivity contribution is -0.135. The molecule has 1 fully saturated rings. The molecule has 1 aromatic carbocycles. The quantitative estimate of drug-likeness (QED) is 0.828. The minimum Gasteiger partial charge on any atom is -0.508 e. The summed E-state index contributed by atoms with van der Waals surface area (Å²) in [5.74, 6) is -0.162. The highest BCUT2D eigenvalue weighted by atomic mass is 32.2.